The van der Waals surface area contributed by atoms with Crippen LogP contribution in [0.15, 0.2) is 67.3 Å². The van der Waals surface area contributed by atoms with Crippen LogP contribution >= 0.6 is 0 Å². The summed E-state index contributed by atoms with van der Waals surface area (Å²) in [5.41, 5.74) is 1.04. The van der Waals surface area contributed by atoms with Crippen molar-refractivity contribution in [1.82, 2.24) is 19.8 Å². The quantitative estimate of drug-likeness (QED) is 0.501. The number of aromatic nitrogens is 2. The lowest BCUT2D eigenvalue weighted by Gasteiger charge is -2.32. The number of hydrogen-bond acceptors (Lipinski definition) is 6. The Morgan fingerprint density at radius 3 is 2.74 bits per heavy atom. The SMILES string of the molecule is COc1ccc(CN(C)[C@@H]2[C@@H](O)[C@H](Oc3cccc(F)c3)C[C@H]2NC(=O)Cn2ccnc2)cc1. The van der Waals surface area contributed by atoms with Crippen LogP contribution in [0.2, 0.25) is 0 Å². The van der Waals surface area contributed by atoms with Gasteiger partial charge < -0.3 is 24.5 Å². The summed E-state index contributed by atoms with van der Waals surface area (Å²) in [5, 5.41) is 14.2. The lowest BCUT2D eigenvalue weighted by Crippen LogP contribution is -2.52. The van der Waals surface area contributed by atoms with E-state index in [1.807, 2.05) is 36.2 Å². The molecule has 0 radical (unpaired) electrons. The molecule has 4 rings (SSSR count). The predicted octanol–water partition coefficient (Wildman–Crippen LogP) is 2.23. The van der Waals surface area contributed by atoms with Gasteiger partial charge in [0.2, 0.25) is 5.91 Å². The van der Waals surface area contributed by atoms with E-state index in [-0.39, 0.29) is 18.5 Å². The molecule has 1 aliphatic carbocycles. The van der Waals surface area contributed by atoms with Gasteiger partial charge in [-0.05, 0) is 36.9 Å². The molecule has 3 aromatic rings. The van der Waals surface area contributed by atoms with Crippen LogP contribution in [0.4, 0.5) is 4.39 Å². The van der Waals surface area contributed by atoms with Gasteiger partial charge in [-0.3, -0.25) is 9.69 Å². The molecule has 9 heteroatoms. The van der Waals surface area contributed by atoms with E-state index in [1.54, 1.807) is 42.5 Å². The number of carbonyl (C=O) groups excluding carboxylic acids is 1. The first kappa shape index (κ1) is 23.7. The Morgan fingerprint density at radius 2 is 2.06 bits per heavy atom. The molecule has 1 heterocycles. The highest BCUT2D eigenvalue weighted by atomic mass is 19.1. The largest absolute Gasteiger partial charge is 0.497 e. The van der Waals surface area contributed by atoms with Crippen LogP contribution in [0.3, 0.4) is 0 Å². The average molecular weight is 469 g/mol. The Kier molecular flexibility index (Phi) is 7.44. The summed E-state index contributed by atoms with van der Waals surface area (Å²) in [6.07, 6.45) is 3.78. The summed E-state index contributed by atoms with van der Waals surface area (Å²) in [6, 6.07) is 12.7. The predicted molar refractivity (Wildman–Crippen MR) is 124 cm³/mol. The third kappa shape index (κ3) is 5.73. The zero-order chi connectivity index (χ0) is 24.1. The van der Waals surface area contributed by atoms with Gasteiger partial charge in [0.15, 0.2) is 0 Å². The van der Waals surface area contributed by atoms with Gasteiger partial charge in [0, 0.05) is 31.4 Å². The molecule has 2 N–H and O–H groups in total. The van der Waals surface area contributed by atoms with Crippen LogP contribution in [0.5, 0.6) is 11.5 Å². The minimum Gasteiger partial charge on any atom is -0.497 e. The highest BCUT2D eigenvalue weighted by molar-refractivity contribution is 5.76. The number of carbonyl (C=O) groups is 1. The second kappa shape index (κ2) is 10.7. The Labute approximate surface area is 197 Å². The van der Waals surface area contributed by atoms with Crippen molar-refractivity contribution in [3.8, 4) is 11.5 Å². The summed E-state index contributed by atoms with van der Waals surface area (Å²) in [7, 11) is 3.52. The normalized spacial score (nSPS) is 22.0. The fourth-order valence-corrected chi connectivity index (χ4v) is 4.46. The third-order valence-corrected chi connectivity index (χ3v) is 6.04. The summed E-state index contributed by atoms with van der Waals surface area (Å²) in [6.45, 7) is 0.670. The van der Waals surface area contributed by atoms with Crippen molar-refractivity contribution in [3.63, 3.8) is 0 Å². The van der Waals surface area contributed by atoms with Gasteiger partial charge in [-0.15, -0.1) is 0 Å². The Hall–Kier alpha value is -3.43. The number of likely N-dealkylation sites (N-methyl/N-ethyl adjacent to an activating group) is 1. The highest BCUT2D eigenvalue weighted by Gasteiger charge is 2.46. The lowest BCUT2D eigenvalue weighted by molar-refractivity contribution is -0.122. The minimum absolute atomic E-state index is 0.122. The molecule has 8 nitrogen and oxygen atoms in total. The third-order valence-electron chi connectivity index (χ3n) is 6.04. The number of amides is 1. The maximum Gasteiger partial charge on any atom is 0.240 e. The molecular formula is C25H29FN4O4. The van der Waals surface area contributed by atoms with Gasteiger partial charge in [0.1, 0.15) is 36.1 Å². The van der Waals surface area contributed by atoms with Crippen molar-refractivity contribution < 1.29 is 23.8 Å². The average Bonchev–Trinajstić information content (AvgIpc) is 3.42. The van der Waals surface area contributed by atoms with Crippen molar-refractivity contribution in [2.75, 3.05) is 14.2 Å². The second-order valence-electron chi connectivity index (χ2n) is 8.50. The fraction of sp³-hybridized carbons (Fsp3) is 0.360. The first-order chi connectivity index (χ1) is 16.4. The fourth-order valence-electron chi connectivity index (χ4n) is 4.46. The Morgan fingerprint density at radius 1 is 1.26 bits per heavy atom. The number of benzene rings is 2. The summed E-state index contributed by atoms with van der Waals surface area (Å²) >= 11 is 0. The zero-order valence-corrected chi connectivity index (χ0v) is 19.2. The molecule has 1 aliphatic rings. The molecule has 180 valence electrons. The van der Waals surface area contributed by atoms with Gasteiger partial charge in [-0.2, -0.15) is 0 Å². The van der Waals surface area contributed by atoms with E-state index in [0.29, 0.717) is 18.7 Å². The number of nitrogens with zero attached hydrogens (tertiary/aromatic N) is 3. The number of hydrogen-bond donors (Lipinski definition) is 2. The van der Waals surface area contributed by atoms with Crippen molar-refractivity contribution >= 4 is 5.91 Å². The standard InChI is InChI=1S/C25H29FN4O4/c1-29(14-17-6-8-19(33-2)9-7-17)24-21(28-23(31)15-30-11-10-27-16-30)13-22(25(24)32)34-20-5-3-4-18(26)12-20/h3-12,16,21-22,24-25,32H,13-15H2,1-2H3,(H,28,31)/t21-,22-,24+,25+/m1/s1. The summed E-state index contributed by atoms with van der Waals surface area (Å²) in [5.74, 6) is 0.499. The van der Waals surface area contributed by atoms with Crippen molar-refractivity contribution in [3.05, 3.63) is 78.6 Å². The van der Waals surface area contributed by atoms with Crippen LogP contribution in [0, 0.1) is 5.82 Å². The molecule has 34 heavy (non-hydrogen) atoms. The molecule has 0 aliphatic heterocycles. The molecule has 0 spiro atoms. The number of rotatable bonds is 9. The van der Waals surface area contributed by atoms with Crippen LogP contribution in [-0.4, -0.2) is 63.9 Å². The number of methoxy groups -OCH3 is 1. The lowest BCUT2D eigenvalue weighted by atomic mass is 10.1. The van der Waals surface area contributed by atoms with E-state index >= 15 is 0 Å². The van der Waals surface area contributed by atoms with E-state index in [1.165, 1.54) is 12.1 Å². The van der Waals surface area contributed by atoms with Gasteiger partial charge in [0.05, 0.1) is 25.5 Å². The maximum absolute atomic E-state index is 13.6. The van der Waals surface area contributed by atoms with Crippen molar-refractivity contribution in [2.24, 2.45) is 0 Å². The topological polar surface area (TPSA) is 88.9 Å². The first-order valence-electron chi connectivity index (χ1n) is 11.1. The van der Waals surface area contributed by atoms with E-state index in [9.17, 15) is 14.3 Å². The van der Waals surface area contributed by atoms with Gasteiger partial charge >= 0.3 is 0 Å². The van der Waals surface area contributed by atoms with Crippen LogP contribution in [0.25, 0.3) is 0 Å². The number of ether oxygens (including phenoxy) is 2. The molecule has 1 amide bonds. The van der Waals surface area contributed by atoms with Crippen LogP contribution < -0.4 is 14.8 Å². The highest BCUT2D eigenvalue weighted by Crippen LogP contribution is 2.30. The molecule has 2 aromatic carbocycles. The Bertz CT molecular complexity index is 1080. The van der Waals surface area contributed by atoms with Gasteiger partial charge in [0.25, 0.3) is 0 Å². The number of nitrogens with one attached hydrogen (secondary N) is 1. The Balaban J connectivity index is 1.50. The number of aliphatic hydroxyl groups excluding tert-OH is 1. The smallest absolute Gasteiger partial charge is 0.240 e. The summed E-state index contributed by atoms with van der Waals surface area (Å²) < 4.78 is 26.5. The molecule has 4 atom stereocenters. The van der Waals surface area contributed by atoms with Crippen molar-refractivity contribution in [1.29, 1.82) is 0 Å². The number of halogens is 1. The molecule has 1 fully saturated rings. The van der Waals surface area contributed by atoms with E-state index in [4.69, 9.17) is 9.47 Å². The minimum atomic E-state index is -0.898. The molecule has 1 saturated carbocycles. The molecule has 0 unspecified atom stereocenters. The maximum atomic E-state index is 13.6. The van der Waals surface area contributed by atoms with Gasteiger partial charge in [-0.1, -0.05) is 18.2 Å². The first-order valence-corrected chi connectivity index (χ1v) is 11.1. The van der Waals surface area contributed by atoms with E-state index in [0.717, 1.165) is 11.3 Å². The number of imidazole rings is 1. The van der Waals surface area contributed by atoms with E-state index in [2.05, 4.69) is 10.3 Å². The molecule has 0 bridgehead atoms. The molecular weight excluding hydrogens is 439 g/mol. The van der Waals surface area contributed by atoms with Gasteiger partial charge in [-0.25, -0.2) is 9.37 Å². The monoisotopic (exact) mass is 468 g/mol. The number of aliphatic hydroxyl groups is 1. The zero-order valence-electron chi connectivity index (χ0n) is 19.2. The van der Waals surface area contributed by atoms with Crippen molar-refractivity contribution in [2.45, 2.75) is 43.8 Å². The van der Waals surface area contributed by atoms with Crippen LogP contribution in [0.1, 0.15) is 12.0 Å². The van der Waals surface area contributed by atoms with E-state index < -0.39 is 24.1 Å². The molecule has 1 aromatic heterocycles. The second-order valence-corrected chi connectivity index (χ2v) is 8.50. The summed E-state index contributed by atoms with van der Waals surface area (Å²) in [4.78, 5) is 18.7. The van der Waals surface area contributed by atoms with Crippen LogP contribution in [-0.2, 0) is 17.9 Å². The molecule has 0 saturated heterocycles.